The van der Waals surface area contributed by atoms with Crippen molar-refractivity contribution in [1.82, 2.24) is 4.98 Å². The molecule has 2 rings (SSSR count). The standard InChI is InChI=1S/C15H17NO4/c1-7-6-11(8(2)9(3)13(7)19-5)14-16-12(15(17)18)10(4)20-14/h6H,1-5H3,(H,17,18). The Balaban J connectivity index is 2.65. The second-order valence-electron chi connectivity index (χ2n) is 4.75. The van der Waals surface area contributed by atoms with Gasteiger partial charge in [-0.3, -0.25) is 0 Å². The molecule has 0 bridgehead atoms. The van der Waals surface area contributed by atoms with Gasteiger partial charge in [0.1, 0.15) is 11.5 Å². The molecule has 0 aliphatic carbocycles. The average Bonchev–Trinajstić information content (AvgIpc) is 2.76. The number of carboxylic acid groups (broad SMARTS) is 1. The summed E-state index contributed by atoms with van der Waals surface area (Å²) < 4.78 is 10.9. The van der Waals surface area contributed by atoms with Crippen LogP contribution in [0.4, 0.5) is 0 Å². The molecule has 106 valence electrons. The molecule has 1 aromatic heterocycles. The second kappa shape index (κ2) is 5.00. The van der Waals surface area contributed by atoms with Crippen LogP contribution in [-0.4, -0.2) is 23.2 Å². The summed E-state index contributed by atoms with van der Waals surface area (Å²) in [4.78, 5) is 15.1. The molecule has 0 spiro atoms. The SMILES string of the molecule is COc1c(C)cc(-c2nc(C(=O)O)c(C)o2)c(C)c1C. The first-order chi connectivity index (χ1) is 9.36. The topological polar surface area (TPSA) is 72.6 Å². The number of aromatic nitrogens is 1. The Morgan fingerprint density at radius 2 is 1.90 bits per heavy atom. The molecule has 1 aromatic carbocycles. The summed E-state index contributed by atoms with van der Waals surface area (Å²) in [5.74, 6) is 0.370. The van der Waals surface area contributed by atoms with E-state index in [0.717, 1.165) is 28.0 Å². The number of hydrogen-bond acceptors (Lipinski definition) is 4. The first kappa shape index (κ1) is 14.1. The molecule has 0 unspecified atom stereocenters. The van der Waals surface area contributed by atoms with E-state index in [1.165, 1.54) is 0 Å². The number of rotatable bonds is 3. The van der Waals surface area contributed by atoms with Crippen LogP contribution < -0.4 is 4.74 Å². The highest BCUT2D eigenvalue weighted by Gasteiger charge is 2.20. The first-order valence-corrected chi connectivity index (χ1v) is 6.22. The lowest BCUT2D eigenvalue weighted by molar-refractivity contribution is 0.0689. The minimum Gasteiger partial charge on any atom is -0.496 e. The number of aromatic carboxylic acids is 1. The van der Waals surface area contributed by atoms with Crippen LogP contribution in [0.15, 0.2) is 10.5 Å². The van der Waals surface area contributed by atoms with Crippen LogP contribution in [0.5, 0.6) is 5.75 Å². The van der Waals surface area contributed by atoms with Crippen molar-refractivity contribution in [1.29, 1.82) is 0 Å². The van der Waals surface area contributed by atoms with Crippen molar-refractivity contribution in [3.8, 4) is 17.2 Å². The minimum absolute atomic E-state index is 0.0504. The quantitative estimate of drug-likeness (QED) is 0.930. The molecule has 0 fully saturated rings. The van der Waals surface area contributed by atoms with Gasteiger partial charge in [-0.25, -0.2) is 9.78 Å². The summed E-state index contributed by atoms with van der Waals surface area (Å²) in [5, 5.41) is 9.04. The highest BCUT2D eigenvalue weighted by molar-refractivity contribution is 5.87. The third-order valence-electron chi connectivity index (χ3n) is 3.46. The van der Waals surface area contributed by atoms with Crippen molar-refractivity contribution >= 4 is 5.97 Å². The normalized spacial score (nSPS) is 10.7. The van der Waals surface area contributed by atoms with Crippen LogP contribution >= 0.6 is 0 Å². The van der Waals surface area contributed by atoms with Crippen molar-refractivity contribution in [3.63, 3.8) is 0 Å². The van der Waals surface area contributed by atoms with E-state index >= 15 is 0 Å². The molecule has 0 saturated carbocycles. The van der Waals surface area contributed by atoms with Gasteiger partial charge in [-0.2, -0.15) is 0 Å². The number of carbonyl (C=O) groups is 1. The van der Waals surface area contributed by atoms with Gasteiger partial charge < -0.3 is 14.3 Å². The van der Waals surface area contributed by atoms with Crippen LogP contribution in [0, 0.1) is 27.7 Å². The van der Waals surface area contributed by atoms with Gasteiger partial charge in [-0.05, 0) is 50.5 Å². The molecule has 0 aliphatic rings. The van der Waals surface area contributed by atoms with Crippen LogP contribution in [0.1, 0.15) is 32.9 Å². The Labute approximate surface area is 117 Å². The Hall–Kier alpha value is -2.30. The van der Waals surface area contributed by atoms with Crippen LogP contribution in [0.25, 0.3) is 11.5 Å². The highest BCUT2D eigenvalue weighted by Crippen LogP contribution is 2.34. The van der Waals surface area contributed by atoms with Crippen LogP contribution in [0.3, 0.4) is 0 Å². The van der Waals surface area contributed by atoms with E-state index in [4.69, 9.17) is 14.3 Å². The lowest BCUT2D eigenvalue weighted by Crippen LogP contribution is -1.99. The monoisotopic (exact) mass is 275 g/mol. The van der Waals surface area contributed by atoms with E-state index in [-0.39, 0.29) is 5.69 Å². The molecule has 2 aromatic rings. The minimum atomic E-state index is -1.09. The number of methoxy groups -OCH3 is 1. The lowest BCUT2D eigenvalue weighted by Gasteiger charge is -2.13. The van der Waals surface area contributed by atoms with E-state index in [2.05, 4.69) is 4.98 Å². The smallest absolute Gasteiger partial charge is 0.358 e. The summed E-state index contributed by atoms with van der Waals surface area (Å²) >= 11 is 0. The molecule has 0 atom stereocenters. The van der Waals surface area contributed by atoms with E-state index in [1.807, 2.05) is 26.8 Å². The van der Waals surface area contributed by atoms with E-state index < -0.39 is 5.97 Å². The Morgan fingerprint density at radius 3 is 2.40 bits per heavy atom. The largest absolute Gasteiger partial charge is 0.496 e. The van der Waals surface area contributed by atoms with Gasteiger partial charge in [-0.15, -0.1) is 0 Å². The third kappa shape index (κ3) is 2.15. The molecule has 1 heterocycles. The second-order valence-corrected chi connectivity index (χ2v) is 4.75. The fourth-order valence-electron chi connectivity index (χ4n) is 2.30. The molecule has 1 N–H and O–H groups in total. The van der Waals surface area contributed by atoms with Crippen molar-refractivity contribution in [2.45, 2.75) is 27.7 Å². The Kier molecular flexibility index (Phi) is 3.53. The maximum absolute atomic E-state index is 11.0. The van der Waals surface area contributed by atoms with E-state index in [1.54, 1.807) is 14.0 Å². The summed E-state index contributed by atoms with van der Waals surface area (Å²) in [6.45, 7) is 7.42. The molecule has 5 heteroatoms. The first-order valence-electron chi connectivity index (χ1n) is 6.22. The van der Waals surface area contributed by atoms with Gasteiger partial charge in [0.15, 0.2) is 5.69 Å². The molecule has 0 aliphatic heterocycles. The molecule has 0 saturated heterocycles. The van der Waals surface area contributed by atoms with E-state index in [9.17, 15) is 4.79 Å². The number of ether oxygens (including phenoxy) is 1. The summed E-state index contributed by atoms with van der Waals surface area (Å²) in [6.07, 6.45) is 0. The average molecular weight is 275 g/mol. The lowest BCUT2D eigenvalue weighted by atomic mass is 9.98. The fourth-order valence-corrected chi connectivity index (χ4v) is 2.30. The Morgan fingerprint density at radius 1 is 1.25 bits per heavy atom. The van der Waals surface area contributed by atoms with Crippen molar-refractivity contribution in [3.05, 3.63) is 34.2 Å². The zero-order valence-corrected chi connectivity index (χ0v) is 12.2. The Bertz CT molecular complexity index is 686. The molecular formula is C15H17NO4. The van der Waals surface area contributed by atoms with Gasteiger partial charge >= 0.3 is 5.97 Å². The van der Waals surface area contributed by atoms with Crippen LogP contribution in [0.2, 0.25) is 0 Å². The highest BCUT2D eigenvalue weighted by atomic mass is 16.5. The number of aryl methyl sites for hydroxylation is 2. The van der Waals surface area contributed by atoms with Crippen molar-refractivity contribution in [2.24, 2.45) is 0 Å². The van der Waals surface area contributed by atoms with Gasteiger partial charge in [0.05, 0.1) is 7.11 Å². The molecule has 0 radical (unpaired) electrons. The number of benzene rings is 1. The third-order valence-corrected chi connectivity index (χ3v) is 3.46. The molecular weight excluding hydrogens is 258 g/mol. The summed E-state index contributed by atoms with van der Waals surface area (Å²) in [6, 6.07) is 1.90. The summed E-state index contributed by atoms with van der Waals surface area (Å²) in [5.41, 5.74) is 3.65. The zero-order valence-electron chi connectivity index (χ0n) is 12.2. The zero-order chi connectivity index (χ0) is 15.0. The number of carboxylic acids is 1. The predicted molar refractivity (Wildman–Crippen MR) is 74.4 cm³/mol. The van der Waals surface area contributed by atoms with Gasteiger partial charge in [-0.1, -0.05) is 0 Å². The number of oxazole rings is 1. The van der Waals surface area contributed by atoms with Crippen LogP contribution in [-0.2, 0) is 0 Å². The van der Waals surface area contributed by atoms with Gasteiger partial charge in [0.2, 0.25) is 5.89 Å². The van der Waals surface area contributed by atoms with Crippen molar-refractivity contribution < 1.29 is 19.1 Å². The maximum Gasteiger partial charge on any atom is 0.358 e. The molecule has 20 heavy (non-hydrogen) atoms. The number of nitrogens with zero attached hydrogens (tertiary/aromatic N) is 1. The van der Waals surface area contributed by atoms with Crippen molar-refractivity contribution in [2.75, 3.05) is 7.11 Å². The number of hydrogen-bond donors (Lipinski definition) is 1. The predicted octanol–water partition coefficient (Wildman–Crippen LogP) is 3.28. The van der Waals surface area contributed by atoms with E-state index in [0.29, 0.717) is 11.7 Å². The maximum atomic E-state index is 11.0. The van der Waals surface area contributed by atoms with Gasteiger partial charge in [0.25, 0.3) is 0 Å². The molecule has 5 nitrogen and oxygen atoms in total. The van der Waals surface area contributed by atoms with Gasteiger partial charge in [0, 0.05) is 5.56 Å². The molecule has 0 amide bonds. The summed E-state index contributed by atoms with van der Waals surface area (Å²) in [7, 11) is 1.63. The fraction of sp³-hybridized carbons (Fsp3) is 0.333.